The quantitative estimate of drug-likeness (QED) is 0.348. The Bertz CT molecular complexity index is 146. The van der Waals surface area contributed by atoms with Gasteiger partial charge < -0.3 is 5.73 Å². The second-order valence-electron chi connectivity index (χ2n) is 2.28. The van der Waals surface area contributed by atoms with Crippen molar-refractivity contribution in [1.82, 2.24) is 0 Å². The fourth-order valence-corrected chi connectivity index (χ4v) is 1.58. The molecule has 0 aromatic rings. The van der Waals surface area contributed by atoms with E-state index in [0.29, 0.717) is 6.42 Å². The van der Waals surface area contributed by atoms with E-state index >= 15 is 0 Å². The van der Waals surface area contributed by atoms with Gasteiger partial charge in [0.2, 0.25) is 0 Å². The molecule has 72 valence electrons. The summed E-state index contributed by atoms with van der Waals surface area (Å²) >= 11 is 17.9. The van der Waals surface area contributed by atoms with E-state index < -0.39 is 3.79 Å². The van der Waals surface area contributed by atoms with Crippen LogP contribution in [-0.2, 0) is 0 Å². The monoisotopic (exact) mass is 248 g/mol. The van der Waals surface area contributed by atoms with Gasteiger partial charge in [-0.3, -0.25) is 5.41 Å². The fraction of sp³-hybridized carbons (Fsp3) is 0.833. The third-order valence-corrected chi connectivity index (χ3v) is 2.48. The Kier molecular flexibility index (Phi) is 6.55. The molecule has 0 saturated heterocycles. The first kappa shape index (κ1) is 12.7. The SMILES string of the molecule is N=C(N)SCCCCC(Cl)(Cl)Cl. The average molecular weight is 250 g/mol. The van der Waals surface area contributed by atoms with Gasteiger partial charge in [0, 0.05) is 5.75 Å². The molecule has 0 saturated carbocycles. The molecule has 0 fully saturated rings. The molecule has 0 aromatic heterocycles. The summed E-state index contributed by atoms with van der Waals surface area (Å²) in [5, 5.41) is 7.06. The highest BCUT2D eigenvalue weighted by molar-refractivity contribution is 8.13. The Hall–Kier alpha value is 0.690. The molecule has 0 unspecified atom stereocenters. The van der Waals surface area contributed by atoms with Crippen LogP contribution >= 0.6 is 46.6 Å². The molecule has 0 aromatic carbocycles. The van der Waals surface area contributed by atoms with Gasteiger partial charge in [-0.15, -0.1) is 0 Å². The second kappa shape index (κ2) is 6.19. The molecule has 0 aliphatic heterocycles. The predicted molar refractivity (Wildman–Crippen MR) is 58.5 cm³/mol. The van der Waals surface area contributed by atoms with Crippen LogP contribution in [0.15, 0.2) is 0 Å². The van der Waals surface area contributed by atoms with E-state index in [-0.39, 0.29) is 5.17 Å². The summed E-state index contributed by atoms with van der Waals surface area (Å²) in [6, 6.07) is 0. The summed E-state index contributed by atoms with van der Waals surface area (Å²) in [4.78, 5) is 0. The van der Waals surface area contributed by atoms with E-state index in [1.165, 1.54) is 11.8 Å². The molecule has 12 heavy (non-hydrogen) atoms. The van der Waals surface area contributed by atoms with Crippen LogP contribution in [0, 0.1) is 5.41 Å². The van der Waals surface area contributed by atoms with Gasteiger partial charge in [0.1, 0.15) is 0 Å². The number of hydrogen-bond donors (Lipinski definition) is 2. The van der Waals surface area contributed by atoms with Gasteiger partial charge in [0.05, 0.1) is 0 Å². The zero-order valence-corrected chi connectivity index (χ0v) is 9.53. The smallest absolute Gasteiger partial charge is 0.190 e. The minimum atomic E-state index is -1.14. The van der Waals surface area contributed by atoms with E-state index in [4.69, 9.17) is 45.9 Å². The average Bonchev–Trinajstić information content (AvgIpc) is 1.83. The van der Waals surface area contributed by atoms with Gasteiger partial charge >= 0.3 is 0 Å². The number of alkyl halides is 3. The molecule has 0 heterocycles. The van der Waals surface area contributed by atoms with E-state index in [1.807, 2.05) is 0 Å². The number of halogens is 3. The summed E-state index contributed by atoms with van der Waals surface area (Å²) in [7, 11) is 0. The molecule has 0 radical (unpaired) electrons. The van der Waals surface area contributed by atoms with Gasteiger partial charge in [-0.1, -0.05) is 46.6 Å². The first-order chi connectivity index (χ1) is 5.42. The molecule has 0 spiro atoms. The second-order valence-corrected chi connectivity index (χ2v) is 5.94. The molecule has 0 amide bonds. The fourth-order valence-electron chi connectivity index (χ4n) is 0.610. The molecule has 0 aliphatic carbocycles. The van der Waals surface area contributed by atoms with Crippen molar-refractivity contribution in [1.29, 1.82) is 5.41 Å². The molecular formula is C6H11Cl3N2S. The number of nitrogens with one attached hydrogen (secondary N) is 1. The Labute approximate surface area is 91.6 Å². The maximum absolute atomic E-state index is 6.92. The van der Waals surface area contributed by atoms with Crippen LogP contribution in [0.5, 0.6) is 0 Å². The van der Waals surface area contributed by atoms with Gasteiger partial charge in [0.25, 0.3) is 0 Å². The van der Waals surface area contributed by atoms with Crippen molar-refractivity contribution in [2.24, 2.45) is 5.73 Å². The first-order valence-corrected chi connectivity index (χ1v) is 5.57. The Morgan fingerprint density at radius 2 is 1.92 bits per heavy atom. The van der Waals surface area contributed by atoms with Crippen molar-refractivity contribution in [3.63, 3.8) is 0 Å². The summed E-state index contributed by atoms with van der Waals surface area (Å²) in [5.41, 5.74) is 5.13. The zero-order chi connectivity index (χ0) is 9.61. The molecule has 2 nitrogen and oxygen atoms in total. The minimum absolute atomic E-state index is 0.142. The largest absolute Gasteiger partial charge is 0.379 e. The number of nitrogens with two attached hydrogens (primary N) is 1. The van der Waals surface area contributed by atoms with Crippen molar-refractivity contribution in [3.8, 4) is 0 Å². The van der Waals surface area contributed by atoms with Crippen LogP contribution in [0.1, 0.15) is 19.3 Å². The third-order valence-electron chi connectivity index (χ3n) is 1.11. The van der Waals surface area contributed by atoms with Crippen LogP contribution in [0.3, 0.4) is 0 Å². The third kappa shape index (κ3) is 10.7. The lowest BCUT2D eigenvalue weighted by Gasteiger charge is -2.09. The standard InChI is InChI=1S/C6H11Cl3N2S/c7-6(8,9)3-1-2-4-12-5(10)11/h1-4H2,(H3,10,11). The number of amidine groups is 1. The highest BCUT2D eigenvalue weighted by Gasteiger charge is 2.17. The highest BCUT2D eigenvalue weighted by Crippen LogP contribution is 2.31. The zero-order valence-electron chi connectivity index (χ0n) is 6.45. The lowest BCUT2D eigenvalue weighted by Crippen LogP contribution is -2.05. The molecule has 0 atom stereocenters. The molecule has 3 N–H and O–H groups in total. The van der Waals surface area contributed by atoms with Gasteiger partial charge in [-0.05, 0) is 19.3 Å². The van der Waals surface area contributed by atoms with E-state index in [0.717, 1.165) is 18.6 Å². The Morgan fingerprint density at radius 3 is 2.33 bits per heavy atom. The highest BCUT2D eigenvalue weighted by atomic mass is 35.6. The van der Waals surface area contributed by atoms with Crippen LogP contribution in [0.4, 0.5) is 0 Å². The van der Waals surface area contributed by atoms with Crippen LogP contribution in [0.25, 0.3) is 0 Å². The summed E-state index contributed by atoms with van der Waals surface area (Å²) in [6.45, 7) is 0. The lowest BCUT2D eigenvalue weighted by atomic mass is 10.3. The Morgan fingerprint density at radius 1 is 1.33 bits per heavy atom. The van der Waals surface area contributed by atoms with Gasteiger partial charge in [0.15, 0.2) is 8.96 Å². The number of thioether (sulfide) groups is 1. The van der Waals surface area contributed by atoms with E-state index in [9.17, 15) is 0 Å². The van der Waals surface area contributed by atoms with Crippen molar-refractivity contribution in [2.45, 2.75) is 23.1 Å². The number of unbranched alkanes of at least 4 members (excludes halogenated alkanes) is 1. The Balaban J connectivity index is 3.17. The van der Waals surface area contributed by atoms with Gasteiger partial charge in [-0.2, -0.15) is 0 Å². The van der Waals surface area contributed by atoms with Crippen LogP contribution in [-0.4, -0.2) is 14.7 Å². The number of rotatable bonds is 4. The van der Waals surface area contributed by atoms with E-state index in [1.54, 1.807) is 0 Å². The maximum atomic E-state index is 6.92. The lowest BCUT2D eigenvalue weighted by molar-refractivity contribution is 0.739. The van der Waals surface area contributed by atoms with Crippen molar-refractivity contribution in [3.05, 3.63) is 0 Å². The normalized spacial score (nSPS) is 11.6. The van der Waals surface area contributed by atoms with E-state index in [2.05, 4.69) is 0 Å². The molecular weight excluding hydrogens is 239 g/mol. The molecule has 0 bridgehead atoms. The predicted octanol–water partition coefficient (Wildman–Crippen LogP) is 3.15. The van der Waals surface area contributed by atoms with Crippen molar-refractivity contribution < 1.29 is 0 Å². The van der Waals surface area contributed by atoms with Crippen LogP contribution < -0.4 is 5.73 Å². The minimum Gasteiger partial charge on any atom is -0.379 e. The number of hydrogen-bond acceptors (Lipinski definition) is 2. The maximum Gasteiger partial charge on any atom is 0.190 e. The van der Waals surface area contributed by atoms with Crippen molar-refractivity contribution >= 4 is 51.7 Å². The summed E-state index contributed by atoms with van der Waals surface area (Å²) in [5.74, 6) is 0.816. The van der Waals surface area contributed by atoms with Crippen molar-refractivity contribution in [2.75, 3.05) is 5.75 Å². The topological polar surface area (TPSA) is 49.9 Å². The summed E-state index contributed by atoms with van der Waals surface area (Å²) < 4.78 is -1.14. The molecule has 6 heteroatoms. The molecule has 0 rings (SSSR count). The van der Waals surface area contributed by atoms with Gasteiger partial charge in [-0.25, -0.2) is 0 Å². The summed E-state index contributed by atoms with van der Waals surface area (Å²) in [6.07, 6.45) is 2.31. The molecule has 0 aliphatic rings. The van der Waals surface area contributed by atoms with Crippen LogP contribution in [0.2, 0.25) is 0 Å². The first-order valence-electron chi connectivity index (χ1n) is 3.45.